The summed E-state index contributed by atoms with van der Waals surface area (Å²) in [7, 11) is 0. The zero-order valence-electron chi connectivity index (χ0n) is 15.6. The van der Waals surface area contributed by atoms with E-state index in [-0.39, 0.29) is 23.9 Å². The number of carbonyl (C=O) groups is 1. The predicted molar refractivity (Wildman–Crippen MR) is 107 cm³/mol. The zero-order chi connectivity index (χ0) is 19.3. The van der Waals surface area contributed by atoms with Crippen molar-refractivity contribution in [1.29, 1.82) is 0 Å². The first-order valence-corrected chi connectivity index (χ1v) is 10.0. The van der Waals surface area contributed by atoms with E-state index in [2.05, 4.69) is 13.0 Å². The lowest BCUT2D eigenvalue weighted by molar-refractivity contribution is -0.144. The summed E-state index contributed by atoms with van der Waals surface area (Å²) in [4.78, 5) is 12.1. The first-order valence-electron chi connectivity index (χ1n) is 9.27. The first kappa shape index (κ1) is 18.6. The molecule has 1 saturated heterocycles. The van der Waals surface area contributed by atoms with Gasteiger partial charge in [-0.3, -0.25) is 4.79 Å². The van der Waals surface area contributed by atoms with Crippen LogP contribution in [0.5, 0.6) is 5.75 Å². The van der Waals surface area contributed by atoms with Crippen LogP contribution in [0.2, 0.25) is 10.0 Å². The van der Waals surface area contributed by atoms with Crippen LogP contribution >= 0.6 is 23.2 Å². The largest absolute Gasteiger partial charge is 0.489 e. The molecule has 1 aliphatic heterocycles. The summed E-state index contributed by atoms with van der Waals surface area (Å²) in [6.45, 7) is 6.40. The molecular weight excluding hydrogens is 383 g/mol. The van der Waals surface area contributed by atoms with Crippen LogP contribution in [0.25, 0.3) is 0 Å². The minimum Gasteiger partial charge on any atom is -0.489 e. The molecule has 1 heterocycles. The Morgan fingerprint density at radius 3 is 2.63 bits per heavy atom. The van der Waals surface area contributed by atoms with Crippen molar-refractivity contribution in [2.75, 3.05) is 0 Å². The van der Waals surface area contributed by atoms with Crippen molar-refractivity contribution in [3.05, 3.63) is 62.1 Å². The quantitative estimate of drug-likeness (QED) is 0.589. The smallest absolute Gasteiger partial charge is 0.309 e. The maximum absolute atomic E-state index is 12.1. The second-order valence-electron chi connectivity index (χ2n) is 7.55. The highest BCUT2D eigenvalue weighted by molar-refractivity contribution is 6.35. The van der Waals surface area contributed by atoms with Crippen LogP contribution < -0.4 is 4.74 Å². The Bertz CT molecular complexity index is 902. The molecule has 0 bridgehead atoms. The Hall–Kier alpha value is -1.71. The molecule has 0 N–H and O–H groups in total. The number of ether oxygens (including phenoxy) is 2. The average Bonchev–Trinajstić information content (AvgIpc) is 2.92. The summed E-state index contributed by atoms with van der Waals surface area (Å²) in [5.74, 6) is 0.897. The molecule has 4 rings (SSSR count). The Morgan fingerprint density at radius 2 is 1.93 bits per heavy atom. The van der Waals surface area contributed by atoms with Gasteiger partial charge in [0.05, 0.1) is 5.92 Å². The molecule has 0 spiro atoms. The highest BCUT2D eigenvalue weighted by atomic mass is 35.5. The highest BCUT2D eigenvalue weighted by Gasteiger charge is 2.46. The fraction of sp³-hybridized carbons (Fsp3) is 0.409. The van der Waals surface area contributed by atoms with E-state index < -0.39 is 0 Å². The summed E-state index contributed by atoms with van der Waals surface area (Å²) in [6, 6.07) is 7.50. The van der Waals surface area contributed by atoms with Crippen LogP contribution in [0.1, 0.15) is 47.3 Å². The standard InChI is InChI=1S/C22H22Cl2O3/c1-11-9-19(26-10-16-17(23)5-4-6-18(16)24)13(3)20-14(11)7-8-15-12(2)22(25)27-21(15)20/h4-6,9,12,15,21H,7-8,10H2,1-3H3/t12?,15-,21+/m0/s1. The second-order valence-corrected chi connectivity index (χ2v) is 8.36. The number of benzene rings is 2. The molecule has 0 saturated carbocycles. The number of rotatable bonds is 3. The highest BCUT2D eigenvalue weighted by Crippen LogP contribution is 2.49. The van der Waals surface area contributed by atoms with Crippen molar-refractivity contribution in [3.63, 3.8) is 0 Å². The molecule has 0 amide bonds. The fourth-order valence-corrected chi connectivity index (χ4v) is 4.90. The Morgan fingerprint density at radius 1 is 1.22 bits per heavy atom. The number of esters is 1. The van der Waals surface area contributed by atoms with Crippen LogP contribution in [0.3, 0.4) is 0 Å². The number of hydrogen-bond donors (Lipinski definition) is 0. The van der Waals surface area contributed by atoms with Crippen molar-refractivity contribution < 1.29 is 14.3 Å². The van der Waals surface area contributed by atoms with Crippen LogP contribution in [0.15, 0.2) is 24.3 Å². The van der Waals surface area contributed by atoms with Crippen LogP contribution in [0.4, 0.5) is 0 Å². The summed E-state index contributed by atoms with van der Waals surface area (Å²) < 4.78 is 11.9. The summed E-state index contributed by atoms with van der Waals surface area (Å²) >= 11 is 12.5. The number of aryl methyl sites for hydroxylation is 1. The van der Waals surface area contributed by atoms with Gasteiger partial charge in [-0.15, -0.1) is 0 Å². The third-order valence-electron chi connectivity index (χ3n) is 6.01. The molecule has 5 heteroatoms. The van der Waals surface area contributed by atoms with Gasteiger partial charge in [-0.1, -0.05) is 36.2 Å². The molecule has 0 radical (unpaired) electrons. The lowest BCUT2D eigenvalue weighted by atomic mass is 9.74. The SMILES string of the molecule is Cc1cc(OCc2c(Cl)cccc2Cl)c(C)c2c1CC[C@H]1C(C)C(=O)O[C@@H]21. The van der Waals surface area contributed by atoms with Crippen molar-refractivity contribution in [2.24, 2.45) is 11.8 Å². The van der Waals surface area contributed by atoms with E-state index in [1.807, 2.05) is 19.9 Å². The van der Waals surface area contributed by atoms with Crippen molar-refractivity contribution in [3.8, 4) is 5.75 Å². The van der Waals surface area contributed by atoms with Crippen LogP contribution in [0, 0.1) is 25.7 Å². The molecule has 27 heavy (non-hydrogen) atoms. The first-order chi connectivity index (χ1) is 12.9. The van der Waals surface area contributed by atoms with Gasteiger partial charge in [0.1, 0.15) is 18.5 Å². The Kier molecular flexibility index (Phi) is 4.85. The molecule has 2 aliphatic rings. The molecule has 1 fully saturated rings. The number of carbonyl (C=O) groups excluding carboxylic acids is 1. The van der Waals surface area contributed by atoms with Gasteiger partial charge in [-0.05, 0) is 61.6 Å². The average molecular weight is 405 g/mol. The van der Waals surface area contributed by atoms with Gasteiger partial charge in [0.15, 0.2) is 0 Å². The summed E-state index contributed by atoms with van der Waals surface area (Å²) in [6.07, 6.45) is 1.79. The van der Waals surface area contributed by atoms with E-state index in [1.54, 1.807) is 12.1 Å². The van der Waals surface area contributed by atoms with E-state index in [0.717, 1.165) is 35.3 Å². The van der Waals surface area contributed by atoms with Gasteiger partial charge >= 0.3 is 5.97 Å². The number of fused-ring (bicyclic) bond motifs is 3. The molecule has 2 aromatic carbocycles. The van der Waals surface area contributed by atoms with Crippen molar-refractivity contribution in [2.45, 2.75) is 46.3 Å². The topological polar surface area (TPSA) is 35.5 Å². The molecule has 3 nitrogen and oxygen atoms in total. The summed E-state index contributed by atoms with van der Waals surface area (Å²) in [5.41, 5.74) is 5.40. The van der Waals surface area contributed by atoms with E-state index >= 15 is 0 Å². The fourth-order valence-electron chi connectivity index (χ4n) is 4.39. The molecular formula is C22H22Cl2O3. The second kappa shape index (κ2) is 7.03. The van der Waals surface area contributed by atoms with Gasteiger partial charge in [0.2, 0.25) is 0 Å². The minimum absolute atomic E-state index is 0.0469. The van der Waals surface area contributed by atoms with Crippen molar-refractivity contribution in [1.82, 2.24) is 0 Å². The Labute approximate surface area is 169 Å². The number of halogens is 2. The lowest BCUT2D eigenvalue weighted by Crippen LogP contribution is -2.22. The molecule has 142 valence electrons. The van der Waals surface area contributed by atoms with Crippen LogP contribution in [-0.4, -0.2) is 5.97 Å². The minimum atomic E-state index is -0.164. The van der Waals surface area contributed by atoms with Gasteiger partial charge in [0.25, 0.3) is 0 Å². The third kappa shape index (κ3) is 3.11. The lowest BCUT2D eigenvalue weighted by Gasteiger charge is -2.31. The van der Waals surface area contributed by atoms with Gasteiger partial charge in [0, 0.05) is 27.1 Å². The molecule has 1 unspecified atom stereocenters. The van der Waals surface area contributed by atoms with Gasteiger partial charge < -0.3 is 9.47 Å². The van der Waals surface area contributed by atoms with E-state index in [4.69, 9.17) is 32.7 Å². The van der Waals surface area contributed by atoms with E-state index in [9.17, 15) is 4.79 Å². The normalized spacial score (nSPS) is 23.6. The third-order valence-corrected chi connectivity index (χ3v) is 6.72. The maximum Gasteiger partial charge on any atom is 0.309 e. The summed E-state index contributed by atoms with van der Waals surface area (Å²) in [5, 5.41) is 1.18. The van der Waals surface area contributed by atoms with E-state index in [0.29, 0.717) is 16.7 Å². The molecule has 2 aromatic rings. The molecule has 0 aromatic heterocycles. The monoisotopic (exact) mass is 404 g/mol. The van der Waals surface area contributed by atoms with Crippen molar-refractivity contribution >= 4 is 29.2 Å². The Balaban J connectivity index is 1.69. The van der Waals surface area contributed by atoms with Crippen LogP contribution in [-0.2, 0) is 22.6 Å². The molecule has 3 atom stereocenters. The maximum atomic E-state index is 12.1. The molecule has 1 aliphatic carbocycles. The van der Waals surface area contributed by atoms with E-state index in [1.165, 1.54) is 11.1 Å². The predicted octanol–water partition coefficient (Wildman–Crippen LogP) is 5.99. The zero-order valence-corrected chi connectivity index (χ0v) is 17.2. The van der Waals surface area contributed by atoms with Gasteiger partial charge in [-0.25, -0.2) is 0 Å². The number of hydrogen-bond acceptors (Lipinski definition) is 3. The van der Waals surface area contributed by atoms with Gasteiger partial charge in [-0.2, -0.15) is 0 Å².